The standard InChI is InChI=1S/C9H8ClNO/c1-6-3-4-7(5-11)9(12-2)8(6)10/h3-4H,1-2H3. The van der Waals surface area contributed by atoms with E-state index in [0.29, 0.717) is 16.3 Å². The number of rotatable bonds is 1. The molecule has 0 heterocycles. The van der Waals surface area contributed by atoms with E-state index in [9.17, 15) is 0 Å². The highest BCUT2D eigenvalue weighted by molar-refractivity contribution is 6.33. The molecule has 0 atom stereocenters. The summed E-state index contributed by atoms with van der Waals surface area (Å²) in [5, 5.41) is 9.19. The molecule has 1 aromatic carbocycles. The highest BCUT2D eigenvalue weighted by Crippen LogP contribution is 2.30. The molecular weight excluding hydrogens is 174 g/mol. The van der Waals surface area contributed by atoms with Crippen molar-refractivity contribution in [1.82, 2.24) is 0 Å². The number of halogens is 1. The van der Waals surface area contributed by atoms with E-state index in [1.165, 1.54) is 7.11 Å². The maximum absolute atomic E-state index is 8.68. The summed E-state index contributed by atoms with van der Waals surface area (Å²) in [6, 6.07) is 5.49. The summed E-state index contributed by atoms with van der Waals surface area (Å²) in [5.74, 6) is 0.458. The van der Waals surface area contributed by atoms with Gasteiger partial charge in [0.05, 0.1) is 17.7 Å². The van der Waals surface area contributed by atoms with Crippen molar-refractivity contribution in [3.05, 3.63) is 28.3 Å². The molecule has 3 heteroatoms. The van der Waals surface area contributed by atoms with Gasteiger partial charge in [0.1, 0.15) is 6.07 Å². The lowest BCUT2D eigenvalue weighted by atomic mass is 10.1. The molecule has 0 bridgehead atoms. The minimum atomic E-state index is 0.458. The van der Waals surface area contributed by atoms with Gasteiger partial charge in [-0.25, -0.2) is 0 Å². The number of ether oxygens (including phenoxy) is 1. The van der Waals surface area contributed by atoms with Crippen molar-refractivity contribution in [3.63, 3.8) is 0 Å². The van der Waals surface area contributed by atoms with Gasteiger partial charge in [-0.15, -0.1) is 0 Å². The van der Waals surface area contributed by atoms with Gasteiger partial charge in [-0.1, -0.05) is 17.7 Å². The second-order valence-electron chi connectivity index (χ2n) is 2.39. The van der Waals surface area contributed by atoms with Crippen LogP contribution in [0.2, 0.25) is 5.02 Å². The normalized spacial score (nSPS) is 9.17. The van der Waals surface area contributed by atoms with Crippen molar-refractivity contribution in [2.45, 2.75) is 6.92 Å². The number of hydrogen-bond acceptors (Lipinski definition) is 2. The molecule has 0 aliphatic heterocycles. The Bertz CT molecular complexity index is 341. The van der Waals surface area contributed by atoms with E-state index in [4.69, 9.17) is 21.6 Å². The van der Waals surface area contributed by atoms with Crippen LogP contribution in [0.25, 0.3) is 0 Å². The van der Waals surface area contributed by atoms with E-state index in [-0.39, 0.29) is 0 Å². The van der Waals surface area contributed by atoms with Gasteiger partial charge >= 0.3 is 0 Å². The maximum atomic E-state index is 8.68. The maximum Gasteiger partial charge on any atom is 0.155 e. The van der Waals surface area contributed by atoms with Crippen LogP contribution >= 0.6 is 11.6 Å². The third kappa shape index (κ3) is 1.37. The molecule has 0 unspecified atom stereocenters. The van der Waals surface area contributed by atoms with Crippen LogP contribution in [0.5, 0.6) is 5.75 Å². The Labute approximate surface area is 76.3 Å². The van der Waals surface area contributed by atoms with Gasteiger partial charge in [-0.05, 0) is 18.6 Å². The molecule has 0 saturated carbocycles. The van der Waals surface area contributed by atoms with E-state index < -0.39 is 0 Å². The molecule has 0 fully saturated rings. The highest BCUT2D eigenvalue weighted by Gasteiger charge is 2.08. The molecule has 2 nitrogen and oxygen atoms in total. The Morgan fingerprint density at radius 2 is 2.17 bits per heavy atom. The molecule has 1 rings (SSSR count). The number of methoxy groups -OCH3 is 1. The second kappa shape index (κ2) is 3.46. The van der Waals surface area contributed by atoms with Crippen LogP contribution in [0.1, 0.15) is 11.1 Å². The fourth-order valence-corrected chi connectivity index (χ4v) is 1.18. The summed E-state index contributed by atoms with van der Waals surface area (Å²) in [7, 11) is 1.50. The fraction of sp³-hybridized carbons (Fsp3) is 0.222. The minimum absolute atomic E-state index is 0.458. The van der Waals surface area contributed by atoms with Gasteiger partial charge in [-0.2, -0.15) is 5.26 Å². The van der Waals surface area contributed by atoms with Crippen LogP contribution in [-0.4, -0.2) is 7.11 Å². The zero-order valence-corrected chi connectivity index (χ0v) is 7.64. The molecule has 0 N–H and O–H groups in total. The molecule has 0 aliphatic carbocycles. The Kier molecular flexibility index (Phi) is 2.57. The zero-order valence-electron chi connectivity index (χ0n) is 6.89. The van der Waals surface area contributed by atoms with Gasteiger partial charge in [0.15, 0.2) is 5.75 Å². The molecule has 12 heavy (non-hydrogen) atoms. The van der Waals surface area contributed by atoms with Crippen molar-refractivity contribution >= 4 is 11.6 Å². The van der Waals surface area contributed by atoms with Crippen molar-refractivity contribution in [3.8, 4) is 11.8 Å². The summed E-state index contributed by atoms with van der Waals surface area (Å²) in [6.07, 6.45) is 0. The molecule has 1 aromatic rings. The Balaban J connectivity index is 3.38. The molecule has 0 amide bonds. The SMILES string of the molecule is COc1c(C#N)ccc(C)c1Cl. The van der Waals surface area contributed by atoms with Gasteiger partial charge in [0, 0.05) is 0 Å². The predicted molar refractivity (Wildman–Crippen MR) is 47.5 cm³/mol. The third-order valence-electron chi connectivity index (χ3n) is 1.61. The topological polar surface area (TPSA) is 33.0 Å². The Morgan fingerprint density at radius 1 is 1.50 bits per heavy atom. The van der Waals surface area contributed by atoms with E-state index in [0.717, 1.165) is 5.56 Å². The Morgan fingerprint density at radius 3 is 2.67 bits per heavy atom. The molecular formula is C9H8ClNO. The first-order valence-electron chi connectivity index (χ1n) is 3.44. The number of benzene rings is 1. The smallest absolute Gasteiger partial charge is 0.155 e. The van der Waals surface area contributed by atoms with Gasteiger partial charge in [0.25, 0.3) is 0 Å². The van der Waals surface area contributed by atoms with Crippen LogP contribution in [-0.2, 0) is 0 Å². The summed E-state index contributed by atoms with van der Waals surface area (Å²) in [4.78, 5) is 0. The first-order chi connectivity index (χ1) is 5.70. The van der Waals surface area contributed by atoms with Crippen molar-refractivity contribution in [2.24, 2.45) is 0 Å². The van der Waals surface area contributed by atoms with Crippen molar-refractivity contribution in [1.29, 1.82) is 5.26 Å². The van der Waals surface area contributed by atoms with E-state index in [1.54, 1.807) is 12.1 Å². The molecule has 62 valence electrons. The van der Waals surface area contributed by atoms with E-state index in [1.807, 2.05) is 13.0 Å². The van der Waals surface area contributed by atoms with Gasteiger partial charge in [-0.3, -0.25) is 0 Å². The highest BCUT2D eigenvalue weighted by atomic mass is 35.5. The quantitative estimate of drug-likeness (QED) is 0.667. The van der Waals surface area contributed by atoms with Crippen LogP contribution in [0.3, 0.4) is 0 Å². The lowest BCUT2D eigenvalue weighted by molar-refractivity contribution is 0.413. The summed E-state index contributed by atoms with van der Waals surface area (Å²) in [5.41, 5.74) is 1.38. The summed E-state index contributed by atoms with van der Waals surface area (Å²) in [6.45, 7) is 1.87. The van der Waals surface area contributed by atoms with Gasteiger partial charge < -0.3 is 4.74 Å². The lowest BCUT2D eigenvalue weighted by Crippen LogP contribution is -1.90. The Hall–Kier alpha value is -1.20. The summed E-state index contributed by atoms with van der Waals surface area (Å²) >= 11 is 5.90. The van der Waals surface area contributed by atoms with Crippen LogP contribution < -0.4 is 4.74 Å². The van der Waals surface area contributed by atoms with Gasteiger partial charge in [0.2, 0.25) is 0 Å². The average Bonchev–Trinajstić information content (AvgIpc) is 2.09. The van der Waals surface area contributed by atoms with Crippen molar-refractivity contribution < 1.29 is 4.74 Å². The zero-order chi connectivity index (χ0) is 9.14. The first-order valence-corrected chi connectivity index (χ1v) is 3.81. The molecule has 0 spiro atoms. The van der Waals surface area contributed by atoms with E-state index >= 15 is 0 Å². The largest absolute Gasteiger partial charge is 0.494 e. The monoisotopic (exact) mass is 181 g/mol. The fourth-order valence-electron chi connectivity index (χ4n) is 0.942. The van der Waals surface area contributed by atoms with Crippen LogP contribution in [0, 0.1) is 18.3 Å². The van der Waals surface area contributed by atoms with Crippen LogP contribution in [0.4, 0.5) is 0 Å². The molecule has 0 aromatic heterocycles. The minimum Gasteiger partial charge on any atom is -0.494 e. The second-order valence-corrected chi connectivity index (χ2v) is 2.77. The number of nitriles is 1. The average molecular weight is 182 g/mol. The van der Waals surface area contributed by atoms with E-state index in [2.05, 4.69) is 0 Å². The molecule has 0 aliphatic rings. The lowest BCUT2D eigenvalue weighted by Gasteiger charge is -2.06. The molecule has 0 saturated heterocycles. The van der Waals surface area contributed by atoms with Crippen molar-refractivity contribution in [2.75, 3.05) is 7.11 Å². The predicted octanol–water partition coefficient (Wildman–Crippen LogP) is 2.53. The van der Waals surface area contributed by atoms with Crippen LogP contribution in [0.15, 0.2) is 12.1 Å². The molecule has 0 radical (unpaired) electrons. The third-order valence-corrected chi connectivity index (χ3v) is 2.08. The number of nitrogens with zero attached hydrogens (tertiary/aromatic N) is 1. The number of hydrogen-bond donors (Lipinski definition) is 0. The first kappa shape index (κ1) is 8.89. The summed E-state index contributed by atoms with van der Waals surface area (Å²) < 4.78 is 4.99. The number of aryl methyl sites for hydroxylation is 1.